The molecule has 0 aromatic rings. The summed E-state index contributed by atoms with van der Waals surface area (Å²) >= 11 is 0. The summed E-state index contributed by atoms with van der Waals surface area (Å²) < 4.78 is 48.1. The molecule has 0 aromatic carbocycles. The predicted molar refractivity (Wildman–Crippen MR) is 53.5 cm³/mol. The van der Waals surface area contributed by atoms with Crippen LogP contribution in [0, 0.1) is 0 Å². The summed E-state index contributed by atoms with van der Waals surface area (Å²) in [6.45, 7) is 4.03. The van der Waals surface area contributed by atoms with E-state index in [0.29, 0.717) is 0 Å². The first-order chi connectivity index (χ1) is 6.69. The molecule has 88 valence electrons. The largest absolute Gasteiger partial charge is 0.346 e. The average Bonchev–Trinajstić information content (AvgIpc) is 2.01. The van der Waals surface area contributed by atoms with Gasteiger partial charge in [-0.25, -0.2) is 13.2 Å². The number of hydrogen-bond acceptors (Lipinski definition) is 5. The third-order valence-corrected chi connectivity index (χ3v) is 5.57. The lowest BCUT2D eigenvalue weighted by molar-refractivity contribution is 0.458. The Morgan fingerprint density at radius 2 is 1.73 bits per heavy atom. The van der Waals surface area contributed by atoms with Gasteiger partial charge < -0.3 is 0 Å². The molecule has 0 radical (unpaired) electrons. The summed E-state index contributed by atoms with van der Waals surface area (Å²) in [6.07, 6.45) is 0.820. The molecule has 0 aliphatic heterocycles. The lowest BCUT2D eigenvalue weighted by Crippen LogP contribution is -2.41. The van der Waals surface area contributed by atoms with Crippen molar-refractivity contribution in [1.29, 1.82) is 0 Å². The number of hydrogen-bond donors (Lipinski definition) is 0. The van der Waals surface area contributed by atoms with Crippen molar-refractivity contribution in [1.82, 2.24) is 3.71 Å². The van der Waals surface area contributed by atoms with Crippen LogP contribution in [-0.2, 0) is 25.0 Å². The first kappa shape index (κ1) is 14.2. The van der Waals surface area contributed by atoms with Gasteiger partial charge >= 0.3 is 10.2 Å². The SMILES string of the molecule is CCS(=O)(=O)N(C(C)C)S(=O)(=O)N=C=O. The lowest BCUT2D eigenvalue weighted by atomic mass is 10.4. The summed E-state index contributed by atoms with van der Waals surface area (Å²) in [4.78, 5) is 9.87. The summed E-state index contributed by atoms with van der Waals surface area (Å²) in [5.41, 5.74) is 0. The second kappa shape index (κ2) is 4.84. The Morgan fingerprint density at radius 1 is 1.27 bits per heavy atom. The number of rotatable bonds is 5. The highest BCUT2D eigenvalue weighted by Gasteiger charge is 2.35. The van der Waals surface area contributed by atoms with Gasteiger partial charge in [-0.2, -0.15) is 8.42 Å². The molecule has 0 fully saturated rings. The van der Waals surface area contributed by atoms with E-state index in [1.54, 1.807) is 0 Å². The molecule has 0 saturated carbocycles. The first-order valence-corrected chi connectivity index (χ1v) is 7.06. The van der Waals surface area contributed by atoms with Crippen molar-refractivity contribution in [2.24, 2.45) is 4.40 Å². The van der Waals surface area contributed by atoms with E-state index in [9.17, 15) is 21.6 Å². The first-order valence-electron chi connectivity index (χ1n) is 4.05. The summed E-state index contributed by atoms with van der Waals surface area (Å²) in [6, 6.07) is -0.836. The van der Waals surface area contributed by atoms with Crippen molar-refractivity contribution in [2.75, 3.05) is 5.75 Å². The minimum atomic E-state index is -4.49. The molecule has 0 heterocycles. The van der Waals surface area contributed by atoms with Crippen LogP contribution in [0.3, 0.4) is 0 Å². The molecular formula is C6H12N2O5S2. The molecule has 0 aromatic heterocycles. The number of sulfonamides is 1. The Kier molecular flexibility index (Phi) is 4.60. The van der Waals surface area contributed by atoms with Crippen molar-refractivity contribution in [2.45, 2.75) is 26.8 Å². The van der Waals surface area contributed by atoms with E-state index < -0.39 is 32.0 Å². The lowest BCUT2D eigenvalue weighted by Gasteiger charge is -2.21. The molecule has 15 heavy (non-hydrogen) atoms. The fraction of sp³-hybridized carbons (Fsp3) is 0.833. The van der Waals surface area contributed by atoms with Crippen LogP contribution in [0.2, 0.25) is 0 Å². The summed E-state index contributed by atoms with van der Waals surface area (Å²) in [7, 11) is -8.46. The molecule has 0 N–H and O–H groups in total. The molecule has 0 bridgehead atoms. The van der Waals surface area contributed by atoms with Gasteiger partial charge in [0.1, 0.15) is 0 Å². The molecule has 0 aliphatic rings. The Hall–Kier alpha value is -0.760. The third kappa shape index (κ3) is 3.38. The number of isocyanates is 1. The van der Waals surface area contributed by atoms with Crippen LogP contribution < -0.4 is 0 Å². The molecule has 0 saturated heterocycles. The maximum atomic E-state index is 11.4. The second-order valence-corrected chi connectivity index (χ2v) is 6.72. The van der Waals surface area contributed by atoms with Crippen LogP contribution in [0.25, 0.3) is 0 Å². The van der Waals surface area contributed by atoms with Gasteiger partial charge in [-0.05, 0) is 20.8 Å². The molecule has 0 rings (SSSR count). The highest BCUT2D eigenvalue weighted by molar-refractivity contribution is 8.03. The predicted octanol–water partition coefficient (Wildman–Crippen LogP) is -0.373. The van der Waals surface area contributed by atoms with Gasteiger partial charge in [0.25, 0.3) is 6.08 Å². The normalized spacial score (nSPS) is 12.9. The molecule has 9 heteroatoms. The van der Waals surface area contributed by atoms with Crippen molar-refractivity contribution in [3.05, 3.63) is 0 Å². The monoisotopic (exact) mass is 256 g/mol. The van der Waals surface area contributed by atoms with E-state index in [1.807, 2.05) is 0 Å². The van der Waals surface area contributed by atoms with Gasteiger partial charge in [0.15, 0.2) is 0 Å². The van der Waals surface area contributed by atoms with E-state index in [-0.39, 0.29) is 3.71 Å². The van der Waals surface area contributed by atoms with Gasteiger partial charge in [-0.3, -0.25) is 0 Å². The molecule has 0 unspecified atom stereocenters. The van der Waals surface area contributed by atoms with Gasteiger partial charge in [0, 0.05) is 6.04 Å². The maximum Gasteiger partial charge on any atom is 0.346 e. The second-order valence-electron chi connectivity index (χ2n) is 2.88. The van der Waals surface area contributed by atoms with Gasteiger partial charge in [-0.15, -0.1) is 0 Å². The standard InChI is InChI=1S/C6H12N2O5S2/c1-4-14(10,11)8(6(2)3)15(12,13)7-5-9/h6H,4H2,1-3H3. The molecule has 7 nitrogen and oxygen atoms in total. The minimum Gasteiger partial charge on any atom is -0.211 e. The van der Waals surface area contributed by atoms with Crippen molar-refractivity contribution in [3.8, 4) is 0 Å². The third-order valence-electron chi connectivity index (χ3n) is 1.44. The molecule has 0 amide bonds. The molecular weight excluding hydrogens is 244 g/mol. The number of carbonyl (C=O) groups excluding carboxylic acids is 1. The Morgan fingerprint density at radius 3 is 2.00 bits per heavy atom. The zero-order valence-corrected chi connectivity index (χ0v) is 10.2. The van der Waals surface area contributed by atoms with Crippen molar-refractivity contribution >= 4 is 26.3 Å². The zero-order valence-electron chi connectivity index (χ0n) is 8.54. The van der Waals surface area contributed by atoms with Crippen molar-refractivity contribution in [3.63, 3.8) is 0 Å². The molecule has 0 atom stereocenters. The van der Waals surface area contributed by atoms with Crippen LogP contribution in [0.5, 0.6) is 0 Å². The highest BCUT2D eigenvalue weighted by Crippen LogP contribution is 2.14. The molecule has 0 spiro atoms. The quantitative estimate of drug-likeness (QED) is 0.493. The summed E-state index contributed by atoms with van der Waals surface area (Å²) in [5, 5.41) is 0. The van der Waals surface area contributed by atoms with Gasteiger partial charge in [-0.1, -0.05) is 8.11 Å². The van der Waals surface area contributed by atoms with E-state index in [2.05, 4.69) is 4.40 Å². The van der Waals surface area contributed by atoms with Crippen LogP contribution in [-0.4, -0.2) is 38.4 Å². The minimum absolute atomic E-state index is 0.199. The smallest absolute Gasteiger partial charge is 0.211 e. The Bertz CT molecular complexity index is 458. The zero-order chi connectivity index (χ0) is 12.3. The van der Waals surface area contributed by atoms with E-state index in [0.717, 1.165) is 6.08 Å². The van der Waals surface area contributed by atoms with Gasteiger partial charge in [0.05, 0.1) is 5.75 Å². The maximum absolute atomic E-state index is 11.4. The topological polar surface area (TPSA) is 101 Å². The van der Waals surface area contributed by atoms with Crippen LogP contribution in [0.4, 0.5) is 0 Å². The fourth-order valence-electron chi connectivity index (χ4n) is 0.946. The average molecular weight is 256 g/mol. The van der Waals surface area contributed by atoms with Crippen molar-refractivity contribution < 1.29 is 21.6 Å². The van der Waals surface area contributed by atoms with Crippen LogP contribution >= 0.6 is 0 Å². The van der Waals surface area contributed by atoms with Crippen LogP contribution in [0.1, 0.15) is 20.8 Å². The van der Waals surface area contributed by atoms with Crippen LogP contribution in [0.15, 0.2) is 4.40 Å². The van der Waals surface area contributed by atoms with E-state index >= 15 is 0 Å². The van der Waals surface area contributed by atoms with Gasteiger partial charge in [0.2, 0.25) is 10.0 Å². The van der Waals surface area contributed by atoms with E-state index in [1.165, 1.54) is 20.8 Å². The summed E-state index contributed by atoms with van der Waals surface area (Å²) in [5.74, 6) is -0.390. The fourth-order valence-corrected chi connectivity index (χ4v) is 4.11. The Labute approximate surface area is 89.0 Å². The van der Waals surface area contributed by atoms with E-state index in [4.69, 9.17) is 0 Å². The number of nitrogens with zero attached hydrogens (tertiary/aromatic N) is 2. The highest BCUT2D eigenvalue weighted by atomic mass is 32.3. The Balaban J connectivity index is 5.67. The molecule has 0 aliphatic carbocycles.